The highest BCUT2D eigenvalue weighted by atomic mass is 19.1. The van der Waals surface area contributed by atoms with Gasteiger partial charge in [0, 0.05) is 18.8 Å². The zero-order valence-corrected chi connectivity index (χ0v) is 18.6. The SMILES string of the molecule is C=C(CCc1ccc(OCC(C)C)cc1)N(Cc1ccc(F)cc1)[C@@H]1CCNC[C@@H]1F. The molecule has 2 aromatic rings. The lowest BCUT2D eigenvalue weighted by atomic mass is 9.99. The summed E-state index contributed by atoms with van der Waals surface area (Å²) < 4.78 is 33.8. The molecule has 31 heavy (non-hydrogen) atoms. The van der Waals surface area contributed by atoms with Crippen molar-refractivity contribution >= 4 is 0 Å². The topological polar surface area (TPSA) is 24.5 Å². The zero-order valence-electron chi connectivity index (χ0n) is 18.6. The van der Waals surface area contributed by atoms with Crippen molar-refractivity contribution in [2.45, 2.75) is 51.9 Å². The minimum Gasteiger partial charge on any atom is -0.493 e. The molecule has 0 unspecified atom stereocenters. The first-order valence-electron chi connectivity index (χ1n) is 11.2. The lowest BCUT2D eigenvalue weighted by Crippen LogP contribution is -2.50. The van der Waals surface area contributed by atoms with Crippen LogP contribution < -0.4 is 10.1 Å². The lowest BCUT2D eigenvalue weighted by molar-refractivity contribution is 0.103. The summed E-state index contributed by atoms with van der Waals surface area (Å²) in [5.74, 6) is 1.11. The van der Waals surface area contributed by atoms with Gasteiger partial charge in [0.25, 0.3) is 0 Å². The molecule has 1 aliphatic heterocycles. The van der Waals surface area contributed by atoms with E-state index in [9.17, 15) is 8.78 Å². The summed E-state index contributed by atoms with van der Waals surface area (Å²) in [6.45, 7) is 10.9. The maximum atomic E-state index is 14.7. The number of hydrogen-bond donors (Lipinski definition) is 1. The fraction of sp³-hybridized carbons (Fsp3) is 0.462. The fourth-order valence-corrected chi connectivity index (χ4v) is 3.86. The number of allylic oxidation sites excluding steroid dienone is 1. The molecule has 5 heteroatoms. The minimum atomic E-state index is -0.955. The molecule has 1 saturated heterocycles. The second kappa shape index (κ2) is 11.3. The summed E-state index contributed by atoms with van der Waals surface area (Å²) in [7, 11) is 0. The monoisotopic (exact) mass is 428 g/mol. The number of rotatable bonds is 10. The van der Waals surface area contributed by atoms with Gasteiger partial charge in [-0.05, 0) is 67.1 Å². The Morgan fingerprint density at radius 3 is 2.45 bits per heavy atom. The Labute approximate surface area is 185 Å². The molecular formula is C26H34F2N2O. The number of nitrogens with zero attached hydrogens (tertiary/aromatic N) is 1. The minimum absolute atomic E-state index is 0.217. The molecule has 2 aromatic carbocycles. The van der Waals surface area contributed by atoms with E-state index in [1.807, 2.05) is 12.1 Å². The van der Waals surface area contributed by atoms with Crippen LogP contribution in [0.3, 0.4) is 0 Å². The van der Waals surface area contributed by atoms with Crippen LogP contribution in [-0.2, 0) is 13.0 Å². The summed E-state index contributed by atoms with van der Waals surface area (Å²) in [4.78, 5) is 2.08. The zero-order chi connectivity index (χ0) is 22.2. The average molecular weight is 429 g/mol. The van der Waals surface area contributed by atoms with Gasteiger partial charge in [-0.25, -0.2) is 8.78 Å². The fourth-order valence-electron chi connectivity index (χ4n) is 3.86. The van der Waals surface area contributed by atoms with Crippen molar-refractivity contribution in [2.24, 2.45) is 5.92 Å². The summed E-state index contributed by atoms with van der Waals surface area (Å²) in [6, 6.07) is 14.4. The Hall–Kier alpha value is -2.40. The first kappa shape index (κ1) is 23.3. The Kier molecular flexibility index (Phi) is 8.47. The van der Waals surface area contributed by atoms with Gasteiger partial charge in [0.2, 0.25) is 0 Å². The van der Waals surface area contributed by atoms with E-state index >= 15 is 0 Å². The Balaban J connectivity index is 1.64. The van der Waals surface area contributed by atoms with Crippen LogP contribution in [0.5, 0.6) is 5.75 Å². The van der Waals surface area contributed by atoms with Gasteiger partial charge in [0.1, 0.15) is 17.7 Å². The van der Waals surface area contributed by atoms with Crippen molar-refractivity contribution in [3.05, 3.63) is 77.8 Å². The van der Waals surface area contributed by atoms with Gasteiger partial charge in [0.15, 0.2) is 0 Å². The molecule has 1 heterocycles. The van der Waals surface area contributed by atoms with Gasteiger partial charge >= 0.3 is 0 Å². The molecule has 1 aliphatic rings. The van der Waals surface area contributed by atoms with Gasteiger partial charge in [-0.1, -0.05) is 44.7 Å². The van der Waals surface area contributed by atoms with Gasteiger partial charge in [-0.2, -0.15) is 0 Å². The summed E-state index contributed by atoms with van der Waals surface area (Å²) in [5, 5.41) is 3.12. The van der Waals surface area contributed by atoms with Crippen molar-refractivity contribution in [1.82, 2.24) is 10.2 Å². The number of benzene rings is 2. The number of piperidine rings is 1. The molecule has 1 N–H and O–H groups in total. The Morgan fingerprint density at radius 2 is 1.81 bits per heavy atom. The van der Waals surface area contributed by atoms with Gasteiger partial charge in [0.05, 0.1) is 12.6 Å². The van der Waals surface area contributed by atoms with E-state index in [4.69, 9.17) is 4.74 Å². The van der Waals surface area contributed by atoms with E-state index in [-0.39, 0.29) is 11.9 Å². The lowest BCUT2D eigenvalue weighted by Gasteiger charge is -2.39. The molecular weight excluding hydrogens is 394 g/mol. The molecule has 0 spiro atoms. The third-order valence-electron chi connectivity index (χ3n) is 5.66. The third-order valence-corrected chi connectivity index (χ3v) is 5.66. The standard InChI is InChI=1S/C26H34F2N2O/c1-19(2)18-31-24-12-8-21(9-13-24)5-4-20(3)30(26-14-15-29-16-25(26)28)17-22-6-10-23(27)11-7-22/h6-13,19,25-26,29H,3-5,14-18H2,1-2H3/t25-,26+/m0/s1. The molecule has 3 rings (SSSR count). The molecule has 2 atom stereocenters. The number of nitrogens with one attached hydrogen (secondary N) is 1. The molecule has 0 aliphatic carbocycles. The van der Waals surface area contributed by atoms with E-state index in [0.29, 0.717) is 25.6 Å². The van der Waals surface area contributed by atoms with Gasteiger partial charge < -0.3 is 15.0 Å². The molecule has 0 bridgehead atoms. The number of aryl methyl sites for hydroxylation is 1. The predicted octanol–water partition coefficient (Wildman–Crippen LogP) is 5.51. The van der Waals surface area contributed by atoms with E-state index in [1.54, 1.807) is 12.1 Å². The van der Waals surface area contributed by atoms with Crippen LogP contribution in [0, 0.1) is 11.7 Å². The van der Waals surface area contributed by atoms with Gasteiger partial charge in [-0.3, -0.25) is 0 Å². The van der Waals surface area contributed by atoms with E-state index in [0.717, 1.165) is 42.8 Å². The number of alkyl halides is 1. The Morgan fingerprint density at radius 1 is 1.13 bits per heavy atom. The van der Waals surface area contributed by atoms with Crippen LogP contribution in [0.25, 0.3) is 0 Å². The van der Waals surface area contributed by atoms with E-state index in [2.05, 4.69) is 42.8 Å². The van der Waals surface area contributed by atoms with Crippen LogP contribution in [0.1, 0.15) is 37.8 Å². The van der Waals surface area contributed by atoms with Crippen molar-refractivity contribution in [3.63, 3.8) is 0 Å². The van der Waals surface area contributed by atoms with Crippen LogP contribution in [0.15, 0.2) is 60.8 Å². The summed E-state index contributed by atoms with van der Waals surface area (Å²) >= 11 is 0. The second-order valence-electron chi connectivity index (χ2n) is 8.75. The highest BCUT2D eigenvalue weighted by Gasteiger charge is 2.30. The highest BCUT2D eigenvalue weighted by Crippen LogP contribution is 2.25. The average Bonchev–Trinajstić information content (AvgIpc) is 2.77. The van der Waals surface area contributed by atoms with Crippen molar-refractivity contribution in [1.29, 1.82) is 0 Å². The van der Waals surface area contributed by atoms with Crippen LogP contribution in [0.2, 0.25) is 0 Å². The van der Waals surface area contributed by atoms with Gasteiger partial charge in [-0.15, -0.1) is 0 Å². The second-order valence-corrected chi connectivity index (χ2v) is 8.75. The highest BCUT2D eigenvalue weighted by molar-refractivity contribution is 5.28. The predicted molar refractivity (Wildman–Crippen MR) is 122 cm³/mol. The van der Waals surface area contributed by atoms with Crippen LogP contribution >= 0.6 is 0 Å². The summed E-state index contributed by atoms with van der Waals surface area (Å²) in [5.41, 5.74) is 3.07. The number of hydrogen-bond acceptors (Lipinski definition) is 3. The van der Waals surface area contributed by atoms with Crippen molar-refractivity contribution < 1.29 is 13.5 Å². The smallest absolute Gasteiger partial charge is 0.133 e. The third kappa shape index (κ3) is 7.06. The molecule has 1 fully saturated rings. The molecule has 0 amide bonds. The quantitative estimate of drug-likeness (QED) is 0.540. The van der Waals surface area contributed by atoms with Crippen LogP contribution in [-0.4, -0.2) is 36.8 Å². The normalized spacial score (nSPS) is 18.7. The number of halogens is 2. The summed E-state index contributed by atoms with van der Waals surface area (Å²) in [6.07, 6.45) is 1.33. The molecule has 168 valence electrons. The molecule has 0 saturated carbocycles. The number of ether oxygens (including phenoxy) is 1. The van der Waals surface area contributed by atoms with E-state index < -0.39 is 6.17 Å². The van der Waals surface area contributed by atoms with Crippen molar-refractivity contribution in [2.75, 3.05) is 19.7 Å². The molecule has 0 radical (unpaired) electrons. The van der Waals surface area contributed by atoms with E-state index in [1.165, 1.54) is 17.7 Å². The molecule has 3 nitrogen and oxygen atoms in total. The van der Waals surface area contributed by atoms with Crippen molar-refractivity contribution in [3.8, 4) is 5.75 Å². The maximum Gasteiger partial charge on any atom is 0.133 e. The first-order valence-corrected chi connectivity index (χ1v) is 11.2. The first-order chi connectivity index (χ1) is 14.9. The van der Waals surface area contributed by atoms with Crippen LogP contribution in [0.4, 0.5) is 8.78 Å². The maximum absolute atomic E-state index is 14.7. The molecule has 0 aromatic heterocycles. The largest absolute Gasteiger partial charge is 0.493 e. The Bertz CT molecular complexity index is 820.